The van der Waals surface area contributed by atoms with Crippen molar-refractivity contribution in [1.82, 2.24) is 9.21 Å². The molecule has 2 fully saturated rings. The summed E-state index contributed by atoms with van der Waals surface area (Å²) in [5.41, 5.74) is 3.16. The molecule has 0 aliphatic carbocycles. The van der Waals surface area contributed by atoms with E-state index in [1.54, 1.807) is 33.1 Å². The Kier molecular flexibility index (Phi) is 8.74. The van der Waals surface area contributed by atoms with Crippen LogP contribution in [0.5, 0.6) is 5.75 Å². The lowest BCUT2D eigenvalue weighted by Crippen LogP contribution is -2.44. The zero-order valence-corrected chi connectivity index (χ0v) is 23.0. The van der Waals surface area contributed by atoms with Crippen LogP contribution in [0.4, 0.5) is 11.4 Å². The molecule has 1 N–H and O–H groups in total. The molecule has 1 unspecified atom stereocenters. The highest BCUT2D eigenvalue weighted by Gasteiger charge is 2.37. The van der Waals surface area contributed by atoms with E-state index >= 15 is 0 Å². The Morgan fingerprint density at radius 1 is 1.03 bits per heavy atom. The van der Waals surface area contributed by atoms with Gasteiger partial charge in [0.2, 0.25) is 15.9 Å². The zero-order valence-electron chi connectivity index (χ0n) is 22.2. The number of piperazine rings is 1. The first kappa shape index (κ1) is 27.4. The number of carbonyl (C=O) groups is 1. The van der Waals surface area contributed by atoms with E-state index in [0.717, 1.165) is 38.3 Å². The van der Waals surface area contributed by atoms with Crippen LogP contribution in [0.3, 0.4) is 0 Å². The molecular weight excluding hydrogens is 492 g/mol. The third-order valence-electron chi connectivity index (χ3n) is 7.12. The fourth-order valence-electron chi connectivity index (χ4n) is 5.15. The molecule has 2 aromatic carbocycles. The minimum Gasteiger partial charge on any atom is -0.497 e. The molecule has 0 saturated carbocycles. The summed E-state index contributed by atoms with van der Waals surface area (Å²) in [5.74, 6) is 0.372. The summed E-state index contributed by atoms with van der Waals surface area (Å²) < 4.78 is 39.5. The summed E-state index contributed by atoms with van der Waals surface area (Å²) in [6, 6.07) is 11.0. The third-order valence-corrected chi connectivity index (χ3v) is 9.38. The largest absolute Gasteiger partial charge is 0.497 e. The number of nitrogens with zero attached hydrogens (tertiary/aromatic N) is 3. The van der Waals surface area contributed by atoms with Crippen LogP contribution in [0.15, 0.2) is 41.3 Å². The fourth-order valence-corrected chi connectivity index (χ4v) is 7.24. The van der Waals surface area contributed by atoms with Crippen LogP contribution < -0.4 is 15.0 Å². The number of ether oxygens (including phenoxy) is 2. The van der Waals surface area contributed by atoms with Gasteiger partial charge in [-0.05, 0) is 81.3 Å². The molecule has 0 spiro atoms. The molecular formula is C27H38N4O5S. The number of rotatable bonds is 9. The molecule has 10 heteroatoms. The number of hydrogen-bond acceptors (Lipinski definition) is 7. The highest BCUT2D eigenvalue weighted by atomic mass is 32.2. The van der Waals surface area contributed by atoms with Gasteiger partial charge in [-0.3, -0.25) is 4.79 Å². The Morgan fingerprint density at radius 3 is 2.30 bits per heavy atom. The molecule has 2 aliphatic rings. The average molecular weight is 531 g/mol. The lowest BCUT2D eigenvalue weighted by atomic mass is 10.1. The number of amides is 1. The van der Waals surface area contributed by atoms with Gasteiger partial charge in [0.1, 0.15) is 12.4 Å². The summed E-state index contributed by atoms with van der Waals surface area (Å²) in [5, 5.41) is 2.86. The molecule has 37 heavy (non-hydrogen) atoms. The van der Waals surface area contributed by atoms with Gasteiger partial charge in [-0.1, -0.05) is 0 Å². The zero-order chi connectivity index (χ0) is 26.6. The van der Waals surface area contributed by atoms with Gasteiger partial charge in [0, 0.05) is 50.1 Å². The quantitative estimate of drug-likeness (QED) is 0.533. The van der Waals surface area contributed by atoms with Crippen LogP contribution in [-0.2, 0) is 19.6 Å². The number of hydrogen-bond donors (Lipinski definition) is 1. The lowest BCUT2D eigenvalue weighted by molar-refractivity contribution is -0.120. The molecule has 4 rings (SSSR count). The van der Waals surface area contributed by atoms with Gasteiger partial charge in [-0.15, -0.1) is 0 Å². The average Bonchev–Trinajstić information content (AvgIpc) is 3.34. The van der Waals surface area contributed by atoms with Gasteiger partial charge in [-0.2, -0.15) is 4.31 Å². The monoisotopic (exact) mass is 530 g/mol. The van der Waals surface area contributed by atoms with Crippen molar-refractivity contribution in [2.75, 3.05) is 70.3 Å². The van der Waals surface area contributed by atoms with Crippen LogP contribution in [0.2, 0.25) is 0 Å². The minimum atomic E-state index is -3.70. The maximum Gasteiger partial charge on any atom is 0.250 e. The first-order valence-electron chi connectivity index (χ1n) is 12.8. The fraction of sp³-hybridized carbons (Fsp3) is 0.519. The number of sulfonamides is 1. The summed E-state index contributed by atoms with van der Waals surface area (Å²) >= 11 is 0. The highest BCUT2D eigenvalue weighted by molar-refractivity contribution is 7.89. The Bertz CT molecular complexity index is 1170. The van der Waals surface area contributed by atoms with Gasteiger partial charge in [0.25, 0.3) is 0 Å². The van der Waals surface area contributed by atoms with Crippen LogP contribution in [-0.4, -0.2) is 89.7 Å². The third kappa shape index (κ3) is 6.43. The van der Waals surface area contributed by atoms with Crippen LogP contribution in [0, 0.1) is 13.8 Å². The van der Waals surface area contributed by atoms with Crippen LogP contribution in [0.1, 0.15) is 24.0 Å². The Morgan fingerprint density at radius 2 is 1.68 bits per heavy atom. The maximum atomic E-state index is 13.5. The van der Waals surface area contributed by atoms with Gasteiger partial charge >= 0.3 is 0 Å². The number of benzene rings is 2. The van der Waals surface area contributed by atoms with Crippen molar-refractivity contribution < 1.29 is 22.7 Å². The van der Waals surface area contributed by atoms with E-state index in [4.69, 9.17) is 9.47 Å². The smallest absolute Gasteiger partial charge is 0.250 e. The normalized spacial score (nSPS) is 19.2. The Labute approximate surface area is 220 Å². The first-order chi connectivity index (χ1) is 17.7. The van der Waals surface area contributed by atoms with Crippen molar-refractivity contribution in [3.05, 3.63) is 47.5 Å². The van der Waals surface area contributed by atoms with Crippen molar-refractivity contribution >= 4 is 27.3 Å². The van der Waals surface area contributed by atoms with Crippen molar-refractivity contribution in [2.45, 2.75) is 37.6 Å². The number of carbonyl (C=O) groups excluding carboxylic acids is 1. The number of aryl methyl sites for hydroxylation is 2. The summed E-state index contributed by atoms with van der Waals surface area (Å²) in [6.07, 6.45) is 1.45. The van der Waals surface area contributed by atoms with Gasteiger partial charge in [0.15, 0.2) is 0 Å². The van der Waals surface area contributed by atoms with Crippen LogP contribution in [0.25, 0.3) is 0 Å². The molecule has 0 aromatic heterocycles. The molecule has 2 heterocycles. The van der Waals surface area contributed by atoms with E-state index in [1.165, 1.54) is 4.31 Å². The number of methoxy groups -OCH3 is 1. The molecule has 2 saturated heterocycles. The van der Waals surface area contributed by atoms with Crippen molar-refractivity contribution in [2.24, 2.45) is 0 Å². The lowest BCUT2D eigenvalue weighted by Gasteiger charge is -2.34. The number of anilines is 2. The Hall–Kier alpha value is -2.66. The minimum absolute atomic E-state index is 0.134. The molecule has 9 nitrogen and oxygen atoms in total. The van der Waals surface area contributed by atoms with E-state index in [-0.39, 0.29) is 25.2 Å². The second kappa shape index (κ2) is 11.8. The standard InChI is InChI=1S/C27H38N4O5S/c1-20-16-25(35-4)17-21(2)27(20)37(33,34)31-11-5-6-24(31)18-36-19-26(32)28-22-7-9-23(10-8-22)30-14-12-29(3)13-15-30/h7-10,16-17,24H,5-6,11-15,18-19H2,1-4H3,(H,28,32). The van der Waals surface area contributed by atoms with E-state index in [1.807, 2.05) is 24.3 Å². The predicted molar refractivity (Wildman–Crippen MR) is 145 cm³/mol. The SMILES string of the molecule is COc1cc(C)c(S(=O)(=O)N2CCCC2COCC(=O)Nc2ccc(N3CCN(C)CC3)cc2)c(C)c1. The summed E-state index contributed by atoms with van der Waals surface area (Å²) in [7, 11) is -0.00494. The van der Waals surface area contributed by atoms with Gasteiger partial charge < -0.3 is 24.6 Å². The highest BCUT2D eigenvalue weighted by Crippen LogP contribution is 2.32. The predicted octanol–water partition coefficient (Wildman–Crippen LogP) is 2.87. The van der Waals surface area contributed by atoms with Crippen molar-refractivity contribution in [1.29, 1.82) is 0 Å². The molecule has 202 valence electrons. The van der Waals surface area contributed by atoms with E-state index < -0.39 is 10.0 Å². The van der Waals surface area contributed by atoms with E-state index in [9.17, 15) is 13.2 Å². The molecule has 0 bridgehead atoms. The van der Waals surface area contributed by atoms with E-state index in [0.29, 0.717) is 40.4 Å². The Balaban J connectivity index is 1.30. The second-order valence-electron chi connectivity index (χ2n) is 9.90. The van der Waals surface area contributed by atoms with Crippen molar-refractivity contribution in [3.63, 3.8) is 0 Å². The van der Waals surface area contributed by atoms with Crippen LogP contribution >= 0.6 is 0 Å². The number of nitrogens with one attached hydrogen (secondary N) is 1. The molecule has 1 atom stereocenters. The topological polar surface area (TPSA) is 91.4 Å². The molecule has 2 aromatic rings. The van der Waals surface area contributed by atoms with E-state index in [2.05, 4.69) is 22.2 Å². The molecule has 2 aliphatic heterocycles. The second-order valence-corrected chi connectivity index (χ2v) is 11.7. The summed E-state index contributed by atoms with van der Waals surface area (Å²) in [6.45, 7) is 8.09. The van der Waals surface area contributed by atoms with Gasteiger partial charge in [0.05, 0.1) is 18.6 Å². The number of likely N-dealkylation sites (N-methyl/N-ethyl adjacent to an activating group) is 1. The summed E-state index contributed by atoms with van der Waals surface area (Å²) in [4.78, 5) is 17.4. The molecule has 1 amide bonds. The first-order valence-corrected chi connectivity index (χ1v) is 14.2. The maximum absolute atomic E-state index is 13.5. The van der Waals surface area contributed by atoms with Gasteiger partial charge in [-0.25, -0.2) is 8.42 Å². The molecule has 0 radical (unpaired) electrons. The van der Waals surface area contributed by atoms with Crippen molar-refractivity contribution in [3.8, 4) is 5.75 Å².